The molecule has 0 spiro atoms. The molecule has 0 aromatic heterocycles. The molecule has 0 saturated carbocycles. The predicted octanol–water partition coefficient (Wildman–Crippen LogP) is 2.48. The summed E-state index contributed by atoms with van der Waals surface area (Å²) in [6.07, 6.45) is 1.84. The Balaban J connectivity index is 0.00000264. The Bertz CT molecular complexity index is 583. The van der Waals surface area contributed by atoms with E-state index in [9.17, 15) is 9.59 Å². The van der Waals surface area contributed by atoms with Crippen molar-refractivity contribution in [3.63, 3.8) is 0 Å². The molecule has 1 fully saturated rings. The standard InChI is InChI=1S/C15H19Cl2N3O2.ClH/c1-9(15(22)20-7-3-4-10(20)8-18)19-14(21)11-5-2-6-12(16)13(11)17;/h2,5-6,9-10H,3-4,7-8,18H2,1H3,(H,19,21);1H. The zero-order valence-electron chi connectivity index (χ0n) is 12.7. The van der Waals surface area contributed by atoms with Gasteiger partial charge in [0.2, 0.25) is 5.91 Å². The normalized spacial score (nSPS) is 18.3. The van der Waals surface area contributed by atoms with Gasteiger partial charge in [0, 0.05) is 19.1 Å². The van der Waals surface area contributed by atoms with E-state index < -0.39 is 11.9 Å². The average molecular weight is 381 g/mol. The van der Waals surface area contributed by atoms with Gasteiger partial charge in [-0.25, -0.2) is 0 Å². The molecule has 5 nitrogen and oxygen atoms in total. The van der Waals surface area contributed by atoms with Crippen molar-refractivity contribution >= 4 is 47.4 Å². The number of carbonyl (C=O) groups excluding carboxylic acids is 2. The minimum Gasteiger partial charge on any atom is -0.340 e. The van der Waals surface area contributed by atoms with Gasteiger partial charge in [0.25, 0.3) is 5.91 Å². The first-order chi connectivity index (χ1) is 10.5. The zero-order valence-corrected chi connectivity index (χ0v) is 15.0. The van der Waals surface area contributed by atoms with E-state index in [-0.39, 0.29) is 34.9 Å². The largest absolute Gasteiger partial charge is 0.340 e. The van der Waals surface area contributed by atoms with Gasteiger partial charge < -0.3 is 16.0 Å². The van der Waals surface area contributed by atoms with Gasteiger partial charge in [-0.3, -0.25) is 9.59 Å². The maximum atomic E-state index is 12.4. The van der Waals surface area contributed by atoms with Crippen LogP contribution < -0.4 is 11.1 Å². The van der Waals surface area contributed by atoms with Crippen molar-refractivity contribution in [1.82, 2.24) is 10.2 Å². The van der Waals surface area contributed by atoms with E-state index >= 15 is 0 Å². The molecule has 1 aromatic rings. The number of likely N-dealkylation sites (tertiary alicyclic amines) is 1. The third-order valence-corrected chi connectivity index (χ3v) is 4.67. The lowest BCUT2D eigenvalue weighted by atomic mass is 10.1. The number of nitrogens with zero attached hydrogens (tertiary/aromatic N) is 1. The van der Waals surface area contributed by atoms with Crippen molar-refractivity contribution in [2.75, 3.05) is 13.1 Å². The van der Waals surface area contributed by atoms with Crippen LogP contribution in [0.3, 0.4) is 0 Å². The highest BCUT2D eigenvalue weighted by atomic mass is 35.5. The summed E-state index contributed by atoms with van der Waals surface area (Å²) in [5.41, 5.74) is 5.93. The number of halogens is 3. The summed E-state index contributed by atoms with van der Waals surface area (Å²) < 4.78 is 0. The fourth-order valence-electron chi connectivity index (χ4n) is 2.63. The summed E-state index contributed by atoms with van der Waals surface area (Å²) in [4.78, 5) is 26.4. The summed E-state index contributed by atoms with van der Waals surface area (Å²) in [5.74, 6) is -0.545. The van der Waals surface area contributed by atoms with Crippen LogP contribution in [0.1, 0.15) is 30.1 Å². The Kier molecular flexibility index (Phi) is 7.61. The van der Waals surface area contributed by atoms with Crippen LogP contribution in [0.4, 0.5) is 0 Å². The van der Waals surface area contributed by atoms with E-state index in [1.165, 1.54) is 0 Å². The average Bonchev–Trinajstić information content (AvgIpc) is 2.97. The minimum atomic E-state index is -0.644. The Morgan fingerprint density at radius 3 is 2.78 bits per heavy atom. The topological polar surface area (TPSA) is 75.4 Å². The number of carbonyl (C=O) groups is 2. The van der Waals surface area contributed by atoms with Crippen LogP contribution >= 0.6 is 35.6 Å². The first kappa shape index (κ1) is 20.0. The van der Waals surface area contributed by atoms with Gasteiger partial charge in [0.05, 0.1) is 15.6 Å². The maximum Gasteiger partial charge on any atom is 0.253 e. The van der Waals surface area contributed by atoms with Crippen LogP contribution in [0.5, 0.6) is 0 Å². The Hall–Kier alpha value is -1.01. The second-order valence-electron chi connectivity index (χ2n) is 5.36. The summed E-state index contributed by atoms with van der Waals surface area (Å²) in [6, 6.07) is 4.22. The van der Waals surface area contributed by atoms with E-state index in [4.69, 9.17) is 28.9 Å². The molecule has 1 saturated heterocycles. The SMILES string of the molecule is CC(NC(=O)c1cccc(Cl)c1Cl)C(=O)N1CCCC1CN.Cl. The van der Waals surface area contributed by atoms with Gasteiger partial charge >= 0.3 is 0 Å². The van der Waals surface area contributed by atoms with Crippen LogP contribution in [0.2, 0.25) is 10.0 Å². The minimum absolute atomic E-state index is 0. The van der Waals surface area contributed by atoms with Gasteiger partial charge in [0.1, 0.15) is 6.04 Å². The number of nitrogens with one attached hydrogen (secondary N) is 1. The van der Waals surface area contributed by atoms with E-state index in [1.54, 1.807) is 30.0 Å². The number of hydrogen-bond donors (Lipinski definition) is 2. The molecule has 0 bridgehead atoms. The van der Waals surface area contributed by atoms with Crippen molar-refractivity contribution in [2.45, 2.75) is 31.8 Å². The molecule has 23 heavy (non-hydrogen) atoms. The van der Waals surface area contributed by atoms with Crippen LogP contribution in [0.15, 0.2) is 18.2 Å². The molecule has 2 unspecified atom stereocenters. The molecule has 3 N–H and O–H groups in total. The number of benzene rings is 1. The third kappa shape index (κ3) is 4.51. The summed E-state index contributed by atoms with van der Waals surface area (Å²) >= 11 is 11.9. The quantitative estimate of drug-likeness (QED) is 0.842. The molecular formula is C15H20Cl3N3O2. The predicted molar refractivity (Wildman–Crippen MR) is 94.4 cm³/mol. The number of rotatable bonds is 4. The molecule has 1 aliphatic heterocycles. The molecular weight excluding hydrogens is 361 g/mol. The van der Waals surface area contributed by atoms with Gasteiger partial charge in [-0.1, -0.05) is 29.3 Å². The van der Waals surface area contributed by atoms with Crippen LogP contribution in [0.25, 0.3) is 0 Å². The van der Waals surface area contributed by atoms with Crippen molar-refractivity contribution in [3.05, 3.63) is 33.8 Å². The molecule has 1 aliphatic rings. The van der Waals surface area contributed by atoms with E-state index in [0.717, 1.165) is 12.8 Å². The number of amides is 2. The van der Waals surface area contributed by atoms with Crippen molar-refractivity contribution < 1.29 is 9.59 Å². The highest BCUT2D eigenvalue weighted by Gasteiger charge is 2.31. The third-order valence-electron chi connectivity index (χ3n) is 3.85. The van der Waals surface area contributed by atoms with Gasteiger partial charge in [-0.05, 0) is 31.9 Å². The summed E-state index contributed by atoms with van der Waals surface area (Å²) in [5, 5.41) is 3.16. The molecule has 1 heterocycles. The van der Waals surface area contributed by atoms with E-state index in [0.29, 0.717) is 18.1 Å². The Morgan fingerprint density at radius 2 is 2.13 bits per heavy atom. The molecule has 0 radical (unpaired) electrons. The fraction of sp³-hybridized carbons (Fsp3) is 0.467. The number of nitrogens with two attached hydrogens (primary N) is 1. The van der Waals surface area contributed by atoms with E-state index in [1.807, 2.05) is 0 Å². The maximum absolute atomic E-state index is 12.4. The zero-order chi connectivity index (χ0) is 16.3. The molecule has 2 atom stereocenters. The molecule has 0 aliphatic carbocycles. The Morgan fingerprint density at radius 1 is 1.43 bits per heavy atom. The molecule has 8 heteroatoms. The fourth-order valence-corrected chi connectivity index (χ4v) is 3.02. The highest BCUT2D eigenvalue weighted by Crippen LogP contribution is 2.25. The van der Waals surface area contributed by atoms with Crippen LogP contribution in [0, 0.1) is 0 Å². The molecule has 2 amide bonds. The first-order valence-electron chi connectivity index (χ1n) is 7.21. The van der Waals surface area contributed by atoms with Gasteiger partial charge in [-0.15, -0.1) is 12.4 Å². The Labute approximate surface area is 151 Å². The lowest BCUT2D eigenvalue weighted by molar-refractivity contribution is -0.133. The van der Waals surface area contributed by atoms with Crippen molar-refractivity contribution in [3.8, 4) is 0 Å². The lowest BCUT2D eigenvalue weighted by Gasteiger charge is -2.27. The summed E-state index contributed by atoms with van der Waals surface area (Å²) in [6.45, 7) is 2.77. The van der Waals surface area contributed by atoms with Crippen LogP contribution in [-0.2, 0) is 4.79 Å². The molecule has 1 aromatic carbocycles. The lowest BCUT2D eigenvalue weighted by Crippen LogP contribution is -2.50. The molecule has 128 valence electrons. The second kappa shape index (κ2) is 8.73. The second-order valence-corrected chi connectivity index (χ2v) is 6.15. The van der Waals surface area contributed by atoms with Gasteiger partial charge in [-0.2, -0.15) is 0 Å². The smallest absolute Gasteiger partial charge is 0.253 e. The van der Waals surface area contributed by atoms with E-state index in [2.05, 4.69) is 5.32 Å². The number of hydrogen-bond acceptors (Lipinski definition) is 3. The van der Waals surface area contributed by atoms with Crippen molar-refractivity contribution in [1.29, 1.82) is 0 Å². The van der Waals surface area contributed by atoms with Crippen LogP contribution in [-0.4, -0.2) is 41.9 Å². The summed E-state index contributed by atoms with van der Waals surface area (Å²) in [7, 11) is 0. The first-order valence-corrected chi connectivity index (χ1v) is 7.96. The monoisotopic (exact) mass is 379 g/mol. The highest BCUT2D eigenvalue weighted by molar-refractivity contribution is 6.43. The van der Waals surface area contributed by atoms with Gasteiger partial charge in [0.15, 0.2) is 0 Å². The van der Waals surface area contributed by atoms with Crippen molar-refractivity contribution in [2.24, 2.45) is 5.73 Å². The molecule has 2 rings (SSSR count).